The van der Waals surface area contributed by atoms with E-state index in [0.717, 1.165) is 5.39 Å². The van der Waals surface area contributed by atoms with E-state index in [2.05, 4.69) is 20.6 Å². The first-order chi connectivity index (χ1) is 12.0. The van der Waals surface area contributed by atoms with E-state index in [9.17, 15) is 9.59 Å². The molecule has 6 heteroatoms. The fraction of sp³-hybridized carbons (Fsp3) is 0.158. The molecule has 0 radical (unpaired) electrons. The van der Waals surface area contributed by atoms with Crippen molar-refractivity contribution >= 4 is 28.4 Å². The maximum Gasteiger partial charge on any atom is 0.270 e. The number of rotatable bonds is 4. The summed E-state index contributed by atoms with van der Waals surface area (Å²) in [5.74, 6) is -0.629. The van der Waals surface area contributed by atoms with Gasteiger partial charge in [-0.15, -0.1) is 0 Å². The van der Waals surface area contributed by atoms with E-state index in [1.807, 2.05) is 38.1 Å². The standard InChI is InChI=1S/C19H18N4O2/c1-12(2)22-19(25)16-11-14(8-10-20-16)18(24)23-15-7-3-5-13-6-4-9-21-17(13)15/h3-12H,1-2H3,(H,22,25)(H,23,24). The first-order valence-electron chi connectivity index (χ1n) is 7.96. The van der Waals surface area contributed by atoms with Gasteiger partial charge in [0.1, 0.15) is 5.69 Å². The zero-order valence-electron chi connectivity index (χ0n) is 14.0. The Hall–Kier alpha value is -3.28. The van der Waals surface area contributed by atoms with Crippen LogP contribution in [-0.2, 0) is 0 Å². The van der Waals surface area contributed by atoms with Gasteiger partial charge in [0.2, 0.25) is 0 Å². The third-order valence-corrected chi connectivity index (χ3v) is 3.56. The largest absolute Gasteiger partial charge is 0.349 e. The molecule has 0 aliphatic carbocycles. The van der Waals surface area contributed by atoms with Gasteiger partial charge < -0.3 is 10.6 Å². The third kappa shape index (κ3) is 3.80. The van der Waals surface area contributed by atoms with Crippen LogP contribution in [-0.4, -0.2) is 27.8 Å². The lowest BCUT2D eigenvalue weighted by Gasteiger charge is -2.10. The van der Waals surface area contributed by atoms with Crippen molar-refractivity contribution < 1.29 is 9.59 Å². The Kier molecular flexibility index (Phi) is 4.70. The number of amides is 2. The molecule has 0 aliphatic rings. The van der Waals surface area contributed by atoms with Crippen molar-refractivity contribution in [2.45, 2.75) is 19.9 Å². The number of para-hydroxylation sites is 1. The van der Waals surface area contributed by atoms with Gasteiger partial charge in [-0.05, 0) is 38.1 Å². The monoisotopic (exact) mass is 334 g/mol. The minimum absolute atomic E-state index is 0.00598. The molecule has 2 amide bonds. The summed E-state index contributed by atoms with van der Waals surface area (Å²) >= 11 is 0. The van der Waals surface area contributed by atoms with Gasteiger partial charge in [0.25, 0.3) is 11.8 Å². The van der Waals surface area contributed by atoms with Crippen LogP contribution in [0.1, 0.15) is 34.7 Å². The van der Waals surface area contributed by atoms with Crippen molar-refractivity contribution in [2.75, 3.05) is 5.32 Å². The van der Waals surface area contributed by atoms with E-state index in [1.165, 1.54) is 12.3 Å². The summed E-state index contributed by atoms with van der Waals surface area (Å²) in [5.41, 5.74) is 1.90. The molecule has 6 nitrogen and oxygen atoms in total. The second-order valence-electron chi connectivity index (χ2n) is 5.89. The van der Waals surface area contributed by atoms with E-state index in [0.29, 0.717) is 16.8 Å². The Morgan fingerprint density at radius 2 is 1.76 bits per heavy atom. The first-order valence-corrected chi connectivity index (χ1v) is 7.96. The van der Waals surface area contributed by atoms with Gasteiger partial charge in [-0.2, -0.15) is 0 Å². The van der Waals surface area contributed by atoms with Gasteiger partial charge >= 0.3 is 0 Å². The van der Waals surface area contributed by atoms with Crippen LogP contribution in [0, 0.1) is 0 Å². The van der Waals surface area contributed by atoms with Crippen LogP contribution in [0.3, 0.4) is 0 Å². The molecule has 0 saturated carbocycles. The molecule has 2 aromatic heterocycles. The molecule has 2 heterocycles. The van der Waals surface area contributed by atoms with Gasteiger partial charge in [-0.3, -0.25) is 19.6 Å². The van der Waals surface area contributed by atoms with Crippen LogP contribution in [0.2, 0.25) is 0 Å². The zero-order chi connectivity index (χ0) is 17.8. The number of nitrogens with zero attached hydrogens (tertiary/aromatic N) is 2. The molecule has 2 N–H and O–H groups in total. The van der Waals surface area contributed by atoms with Crippen LogP contribution >= 0.6 is 0 Å². The number of carbonyl (C=O) groups is 2. The second kappa shape index (κ2) is 7.09. The molecule has 0 saturated heterocycles. The number of carbonyl (C=O) groups excluding carboxylic acids is 2. The number of pyridine rings is 2. The number of aromatic nitrogens is 2. The summed E-state index contributed by atoms with van der Waals surface area (Å²) < 4.78 is 0. The molecule has 126 valence electrons. The third-order valence-electron chi connectivity index (χ3n) is 3.56. The Morgan fingerprint density at radius 3 is 2.56 bits per heavy atom. The van der Waals surface area contributed by atoms with Gasteiger partial charge in [0.15, 0.2) is 0 Å². The molecule has 0 atom stereocenters. The highest BCUT2D eigenvalue weighted by Crippen LogP contribution is 2.21. The molecule has 0 aliphatic heterocycles. The van der Waals surface area contributed by atoms with Crippen molar-refractivity contribution in [3.8, 4) is 0 Å². The van der Waals surface area contributed by atoms with Gasteiger partial charge in [-0.1, -0.05) is 18.2 Å². The van der Waals surface area contributed by atoms with E-state index in [-0.39, 0.29) is 23.6 Å². The molecule has 0 fully saturated rings. The molecule has 3 rings (SSSR count). The highest BCUT2D eigenvalue weighted by atomic mass is 16.2. The molecule has 0 spiro atoms. The Labute approximate surface area is 145 Å². The maximum absolute atomic E-state index is 12.6. The molecule has 0 bridgehead atoms. The van der Waals surface area contributed by atoms with Crippen LogP contribution in [0.5, 0.6) is 0 Å². The van der Waals surface area contributed by atoms with Crippen molar-refractivity contribution in [2.24, 2.45) is 0 Å². The molecule has 1 aromatic carbocycles. The van der Waals surface area contributed by atoms with Crippen molar-refractivity contribution in [1.82, 2.24) is 15.3 Å². The minimum atomic E-state index is -0.320. The Bertz CT molecular complexity index is 932. The lowest BCUT2D eigenvalue weighted by atomic mass is 10.1. The topological polar surface area (TPSA) is 84.0 Å². The highest BCUT2D eigenvalue weighted by Gasteiger charge is 2.13. The number of anilines is 1. The predicted octanol–water partition coefficient (Wildman–Crippen LogP) is 3.02. The van der Waals surface area contributed by atoms with Crippen LogP contribution in [0.4, 0.5) is 5.69 Å². The molecule has 3 aromatic rings. The summed E-state index contributed by atoms with van der Waals surface area (Å²) in [6, 6.07) is 12.4. The molecular formula is C19H18N4O2. The van der Waals surface area contributed by atoms with Crippen LogP contribution in [0.15, 0.2) is 54.9 Å². The average molecular weight is 334 g/mol. The van der Waals surface area contributed by atoms with Crippen LogP contribution < -0.4 is 10.6 Å². The van der Waals surface area contributed by atoms with E-state index in [4.69, 9.17) is 0 Å². The normalized spacial score (nSPS) is 10.7. The summed E-state index contributed by atoms with van der Waals surface area (Å²) in [7, 11) is 0. The van der Waals surface area contributed by atoms with E-state index in [1.54, 1.807) is 18.3 Å². The predicted molar refractivity (Wildman–Crippen MR) is 96.5 cm³/mol. The fourth-order valence-corrected chi connectivity index (χ4v) is 2.43. The van der Waals surface area contributed by atoms with Crippen molar-refractivity contribution in [3.63, 3.8) is 0 Å². The average Bonchev–Trinajstić information content (AvgIpc) is 2.61. The number of fused-ring (bicyclic) bond motifs is 1. The maximum atomic E-state index is 12.6. The number of hydrogen-bond donors (Lipinski definition) is 2. The summed E-state index contributed by atoms with van der Waals surface area (Å²) in [6.07, 6.45) is 3.13. The summed E-state index contributed by atoms with van der Waals surface area (Å²) in [5, 5.41) is 6.54. The Balaban J connectivity index is 1.85. The lowest BCUT2D eigenvalue weighted by molar-refractivity contribution is 0.0938. The summed E-state index contributed by atoms with van der Waals surface area (Å²) in [4.78, 5) is 32.9. The van der Waals surface area contributed by atoms with Gasteiger partial charge in [-0.25, -0.2) is 0 Å². The van der Waals surface area contributed by atoms with Gasteiger partial charge in [0.05, 0.1) is 11.2 Å². The molecular weight excluding hydrogens is 316 g/mol. The number of benzene rings is 1. The van der Waals surface area contributed by atoms with Crippen LogP contribution in [0.25, 0.3) is 10.9 Å². The fourth-order valence-electron chi connectivity index (χ4n) is 2.43. The molecule has 25 heavy (non-hydrogen) atoms. The zero-order valence-corrected chi connectivity index (χ0v) is 14.0. The quantitative estimate of drug-likeness (QED) is 0.768. The lowest BCUT2D eigenvalue weighted by Crippen LogP contribution is -2.31. The Morgan fingerprint density at radius 1 is 0.960 bits per heavy atom. The van der Waals surface area contributed by atoms with Crippen molar-refractivity contribution in [3.05, 3.63) is 66.1 Å². The van der Waals surface area contributed by atoms with E-state index >= 15 is 0 Å². The second-order valence-corrected chi connectivity index (χ2v) is 5.89. The van der Waals surface area contributed by atoms with Gasteiger partial charge in [0, 0.05) is 29.4 Å². The van der Waals surface area contributed by atoms with Crippen molar-refractivity contribution in [1.29, 1.82) is 0 Å². The molecule has 0 unspecified atom stereocenters. The number of hydrogen-bond acceptors (Lipinski definition) is 4. The summed E-state index contributed by atoms with van der Waals surface area (Å²) in [6.45, 7) is 3.73. The minimum Gasteiger partial charge on any atom is -0.349 e. The first kappa shape index (κ1) is 16.6. The van der Waals surface area contributed by atoms with E-state index < -0.39 is 0 Å². The number of nitrogens with one attached hydrogen (secondary N) is 2. The SMILES string of the molecule is CC(C)NC(=O)c1cc(C(=O)Nc2cccc3cccnc23)ccn1. The highest BCUT2D eigenvalue weighted by molar-refractivity contribution is 6.09. The smallest absolute Gasteiger partial charge is 0.270 e.